The first-order valence-corrected chi connectivity index (χ1v) is 4.69. The molecule has 0 saturated carbocycles. The van der Waals surface area contributed by atoms with Crippen LogP contribution in [0.4, 0.5) is 0 Å². The van der Waals surface area contributed by atoms with Crippen LogP contribution in [-0.2, 0) is 9.53 Å². The summed E-state index contributed by atoms with van der Waals surface area (Å²) >= 11 is 0. The molecule has 6 heteroatoms. The Morgan fingerprint density at radius 1 is 1.18 bits per heavy atom. The maximum Gasteiger partial charge on any atom is 0.341 e. The summed E-state index contributed by atoms with van der Waals surface area (Å²) in [5, 5.41) is 8.37. The molecular weight excluding hydrogens is 228 g/mol. The van der Waals surface area contributed by atoms with E-state index in [-0.39, 0.29) is 5.56 Å². The molecule has 0 unspecified atom stereocenters. The Hall–Kier alpha value is -2.24. The summed E-state index contributed by atoms with van der Waals surface area (Å²) in [7, 11) is 2.91. The van der Waals surface area contributed by atoms with Crippen LogP contribution in [0.2, 0.25) is 0 Å². The van der Waals surface area contributed by atoms with Crippen LogP contribution in [0.3, 0.4) is 0 Å². The van der Waals surface area contributed by atoms with Crippen molar-refractivity contribution < 1.29 is 28.9 Å². The lowest BCUT2D eigenvalue weighted by Gasteiger charge is -2.08. The van der Waals surface area contributed by atoms with E-state index in [1.807, 2.05) is 0 Å². The van der Waals surface area contributed by atoms with Crippen LogP contribution in [0.5, 0.6) is 11.5 Å². The zero-order valence-corrected chi connectivity index (χ0v) is 9.43. The molecule has 17 heavy (non-hydrogen) atoms. The lowest BCUT2D eigenvalue weighted by atomic mass is 10.2. The lowest BCUT2D eigenvalue weighted by molar-refractivity contribution is -0.140. The monoisotopic (exact) mass is 240 g/mol. The highest BCUT2D eigenvalue weighted by molar-refractivity contribution is 5.91. The first-order chi connectivity index (χ1) is 8.08. The van der Waals surface area contributed by atoms with Gasteiger partial charge in [0.15, 0.2) is 18.1 Å². The second-order valence-electron chi connectivity index (χ2n) is 3.04. The van der Waals surface area contributed by atoms with E-state index >= 15 is 0 Å². The summed E-state index contributed by atoms with van der Waals surface area (Å²) in [6.45, 7) is -0.673. The molecule has 0 spiro atoms. The van der Waals surface area contributed by atoms with E-state index in [0.29, 0.717) is 11.5 Å². The minimum atomic E-state index is -1.21. The fraction of sp³-hybridized carbons (Fsp3) is 0.273. The Kier molecular flexibility index (Phi) is 4.33. The van der Waals surface area contributed by atoms with Crippen molar-refractivity contribution >= 4 is 11.9 Å². The number of hydrogen-bond acceptors (Lipinski definition) is 5. The molecule has 0 atom stereocenters. The molecule has 0 saturated heterocycles. The second kappa shape index (κ2) is 5.74. The Bertz CT molecular complexity index is 426. The molecule has 0 aliphatic carbocycles. The molecule has 0 heterocycles. The fourth-order valence-electron chi connectivity index (χ4n) is 1.17. The van der Waals surface area contributed by atoms with Gasteiger partial charge in [-0.2, -0.15) is 0 Å². The van der Waals surface area contributed by atoms with Gasteiger partial charge in [-0.05, 0) is 18.2 Å². The van der Waals surface area contributed by atoms with Crippen LogP contribution in [0, 0.1) is 0 Å². The predicted octanol–water partition coefficient (Wildman–Crippen LogP) is 0.945. The molecule has 0 aliphatic rings. The number of aliphatic carboxylic acids is 1. The quantitative estimate of drug-likeness (QED) is 0.771. The van der Waals surface area contributed by atoms with Gasteiger partial charge in [-0.15, -0.1) is 0 Å². The minimum absolute atomic E-state index is 0.198. The van der Waals surface area contributed by atoms with Crippen molar-refractivity contribution in [3.05, 3.63) is 23.8 Å². The standard InChI is InChI=1S/C11H12O6/c1-15-8-4-3-7(5-9(8)16-2)11(14)17-6-10(12)13/h3-5H,6H2,1-2H3,(H,12,13). The summed E-state index contributed by atoms with van der Waals surface area (Å²) < 4.78 is 14.5. The van der Waals surface area contributed by atoms with E-state index in [1.165, 1.54) is 32.4 Å². The number of rotatable bonds is 5. The Morgan fingerprint density at radius 3 is 2.35 bits per heavy atom. The lowest BCUT2D eigenvalue weighted by Crippen LogP contribution is -2.13. The van der Waals surface area contributed by atoms with Crippen molar-refractivity contribution in [1.29, 1.82) is 0 Å². The molecule has 1 aromatic rings. The van der Waals surface area contributed by atoms with E-state index in [1.54, 1.807) is 0 Å². The predicted molar refractivity (Wildman–Crippen MR) is 57.5 cm³/mol. The smallest absolute Gasteiger partial charge is 0.341 e. The molecule has 0 bridgehead atoms. The van der Waals surface area contributed by atoms with Crippen molar-refractivity contribution in [3.63, 3.8) is 0 Å². The fourth-order valence-corrected chi connectivity index (χ4v) is 1.17. The van der Waals surface area contributed by atoms with Crippen molar-refractivity contribution in [2.75, 3.05) is 20.8 Å². The highest BCUT2D eigenvalue weighted by Crippen LogP contribution is 2.27. The number of carbonyl (C=O) groups is 2. The van der Waals surface area contributed by atoms with Crippen LogP contribution in [-0.4, -0.2) is 37.9 Å². The zero-order valence-electron chi connectivity index (χ0n) is 9.43. The van der Waals surface area contributed by atoms with Crippen LogP contribution in [0.15, 0.2) is 18.2 Å². The third-order valence-electron chi connectivity index (χ3n) is 1.95. The molecule has 0 aliphatic heterocycles. The van der Waals surface area contributed by atoms with Gasteiger partial charge in [0.1, 0.15) is 0 Å². The molecule has 0 aromatic heterocycles. The van der Waals surface area contributed by atoms with Gasteiger partial charge in [-0.25, -0.2) is 9.59 Å². The average Bonchev–Trinajstić information content (AvgIpc) is 2.34. The number of hydrogen-bond donors (Lipinski definition) is 1. The third kappa shape index (κ3) is 3.37. The van der Waals surface area contributed by atoms with Gasteiger partial charge in [-0.3, -0.25) is 0 Å². The topological polar surface area (TPSA) is 82.1 Å². The second-order valence-corrected chi connectivity index (χ2v) is 3.04. The highest BCUT2D eigenvalue weighted by atomic mass is 16.5. The maximum atomic E-state index is 11.4. The number of ether oxygens (including phenoxy) is 3. The van der Waals surface area contributed by atoms with Gasteiger partial charge >= 0.3 is 11.9 Å². The number of carboxylic acid groups (broad SMARTS) is 1. The van der Waals surface area contributed by atoms with Crippen molar-refractivity contribution in [2.45, 2.75) is 0 Å². The summed E-state index contributed by atoms with van der Waals surface area (Å²) in [5.74, 6) is -1.09. The van der Waals surface area contributed by atoms with Gasteiger partial charge in [0.2, 0.25) is 0 Å². The van der Waals surface area contributed by atoms with Crippen LogP contribution in [0.25, 0.3) is 0 Å². The Morgan fingerprint density at radius 2 is 1.82 bits per heavy atom. The van der Waals surface area contributed by atoms with Gasteiger partial charge in [-0.1, -0.05) is 0 Å². The molecule has 1 rings (SSSR count). The van der Waals surface area contributed by atoms with E-state index in [2.05, 4.69) is 4.74 Å². The number of benzene rings is 1. The molecule has 1 aromatic carbocycles. The Balaban J connectivity index is 2.84. The van der Waals surface area contributed by atoms with Crippen LogP contribution < -0.4 is 9.47 Å². The SMILES string of the molecule is COc1ccc(C(=O)OCC(=O)O)cc1OC. The molecule has 1 N–H and O–H groups in total. The largest absolute Gasteiger partial charge is 0.493 e. The average molecular weight is 240 g/mol. The maximum absolute atomic E-state index is 11.4. The Labute approximate surface area is 97.7 Å². The summed E-state index contributed by atoms with van der Waals surface area (Å²) in [5.41, 5.74) is 0.198. The normalized spacial score (nSPS) is 9.53. The van der Waals surface area contributed by atoms with Crippen molar-refractivity contribution in [3.8, 4) is 11.5 Å². The molecule has 0 amide bonds. The zero-order chi connectivity index (χ0) is 12.8. The molecule has 92 valence electrons. The van der Waals surface area contributed by atoms with Gasteiger partial charge in [0, 0.05) is 0 Å². The number of methoxy groups -OCH3 is 2. The summed E-state index contributed by atoms with van der Waals surface area (Å²) in [4.78, 5) is 21.7. The molecule has 0 fully saturated rings. The van der Waals surface area contributed by atoms with Crippen molar-refractivity contribution in [1.82, 2.24) is 0 Å². The van der Waals surface area contributed by atoms with E-state index in [4.69, 9.17) is 14.6 Å². The molecule has 0 radical (unpaired) electrons. The number of carbonyl (C=O) groups excluding carboxylic acids is 1. The minimum Gasteiger partial charge on any atom is -0.493 e. The van der Waals surface area contributed by atoms with E-state index in [9.17, 15) is 9.59 Å². The van der Waals surface area contributed by atoms with E-state index in [0.717, 1.165) is 0 Å². The van der Waals surface area contributed by atoms with E-state index < -0.39 is 18.5 Å². The van der Waals surface area contributed by atoms with Gasteiger partial charge < -0.3 is 19.3 Å². The number of esters is 1. The van der Waals surface area contributed by atoms with Crippen molar-refractivity contribution in [2.24, 2.45) is 0 Å². The summed E-state index contributed by atoms with van der Waals surface area (Å²) in [6.07, 6.45) is 0. The first-order valence-electron chi connectivity index (χ1n) is 4.69. The highest BCUT2D eigenvalue weighted by Gasteiger charge is 2.12. The first kappa shape index (κ1) is 12.8. The van der Waals surface area contributed by atoms with Crippen LogP contribution in [0.1, 0.15) is 10.4 Å². The van der Waals surface area contributed by atoms with Gasteiger partial charge in [0.25, 0.3) is 0 Å². The third-order valence-corrected chi connectivity index (χ3v) is 1.95. The summed E-state index contributed by atoms with van der Waals surface area (Å²) in [6, 6.07) is 4.42. The number of carboxylic acids is 1. The van der Waals surface area contributed by atoms with Crippen LogP contribution >= 0.6 is 0 Å². The van der Waals surface area contributed by atoms with Gasteiger partial charge in [0.05, 0.1) is 19.8 Å². The molecular formula is C11H12O6. The molecule has 6 nitrogen and oxygen atoms in total.